The molecule has 1 aliphatic rings. The van der Waals surface area contributed by atoms with E-state index in [9.17, 15) is 4.79 Å². The minimum atomic E-state index is 0. The van der Waals surface area contributed by atoms with Crippen molar-refractivity contribution in [2.75, 3.05) is 26.2 Å². The molecule has 4 heteroatoms. The largest absolute Gasteiger partial charge is 0.339 e. The molecule has 1 N–H and O–H groups in total. The molecular formula is C16H25ClN2O. The van der Waals surface area contributed by atoms with Gasteiger partial charge in [0.2, 0.25) is 0 Å². The van der Waals surface area contributed by atoms with E-state index in [0.717, 1.165) is 56.1 Å². The molecule has 0 atom stereocenters. The Hall–Kier alpha value is -1.06. The highest BCUT2D eigenvalue weighted by atomic mass is 35.5. The molecular weight excluding hydrogens is 272 g/mol. The van der Waals surface area contributed by atoms with E-state index in [2.05, 4.69) is 12.2 Å². The predicted octanol–water partition coefficient (Wildman–Crippen LogP) is 2.88. The highest BCUT2D eigenvalue weighted by Gasteiger charge is 2.23. The second kappa shape index (κ2) is 8.28. The van der Waals surface area contributed by atoms with Crippen molar-refractivity contribution < 1.29 is 4.79 Å². The van der Waals surface area contributed by atoms with Gasteiger partial charge in [-0.3, -0.25) is 4.79 Å². The van der Waals surface area contributed by atoms with Crippen molar-refractivity contribution in [3.05, 3.63) is 35.4 Å². The fourth-order valence-corrected chi connectivity index (χ4v) is 2.65. The van der Waals surface area contributed by atoms with Crippen LogP contribution in [0.1, 0.15) is 35.7 Å². The van der Waals surface area contributed by atoms with Gasteiger partial charge in [0, 0.05) is 18.7 Å². The van der Waals surface area contributed by atoms with E-state index in [4.69, 9.17) is 0 Å². The third-order valence-corrected chi connectivity index (χ3v) is 3.85. The van der Waals surface area contributed by atoms with E-state index in [1.807, 2.05) is 36.1 Å². The first kappa shape index (κ1) is 17.0. The molecule has 1 aromatic rings. The fraction of sp³-hybridized carbons (Fsp3) is 0.562. The summed E-state index contributed by atoms with van der Waals surface area (Å²) in [5, 5.41) is 3.40. The Morgan fingerprint density at radius 2 is 2.05 bits per heavy atom. The summed E-state index contributed by atoms with van der Waals surface area (Å²) in [5.41, 5.74) is 1.97. The van der Waals surface area contributed by atoms with Crippen LogP contribution in [-0.2, 0) is 0 Å². The number of halogens is 1. The molecule has 1 aliphatic heterocycles. The molecule has 0 aliphatic carbocycles. The Bertz CT molecular complexity index is 428. The van der Waals surface area contributed by atoms with E-state index >= 15 is 0 Å². The van der Waals surface area contributed by atoms with Gasteiger partial charge in [-0.1, -0.05) is 24.6 Å². The fourth-order valence-electron chi connectivity index (χ4n) is 2.65. The van der Waals surface area contributed by atoms with Crippen LogP contribution in [-0.4, -0.2) is 37.0 Å². The molecule has 1 amide bonds. The first-order valence-electron chi connectivity index (χ1n) is 7.27. The Morgan fingerprint density at radius 1 is 1.35 bits per heavy atom. The average molecular weight is 297 g/mol. The molecule has 1 aromatic carbocycles. The maximum Gasteiger partial charge on any atom is 0.253 e. The Kier molecular flexibility index (Phi) is 7.03. The number of rotatable bonds is 4. The summed E-state index contributed by atoms with van der Waals surface area (Å²) >= 11 is 0. The van der Waals surface area contributed by atoms with Crippen LogP contribution < -0.4 is 5.32 Å². The number of nitrogens with one attached hydrogen (secondary N) is 1. The van der Waals surface area contributed by atoms with Gasteiger partial charge in [0.05, 0.1) is 0 Å². The minimum Gasteiger partial charge on any atom is -0.339 e. The number of aryl methyl sites for hydroxylation is 1. The second-order valence-corrected chi connectivity index (χ2v) is 5.41. The van der Waals surface area contributed by atoms with E-state index in [1.54, 1.807) is 0 Å². The Labute approximate surface area is 128 Å². The minimum absolute atomic E-state index is 0. The monoisotopic (exact) mass is 296 g/mol. The number of hydrogen-bond acceptors (Lipinski definition) is 2. The molecule has 0 bridgehead atoms. The average Bonchev–Trinajstić information content (AvgIpc) is 2.45. The molecule has 0 aromatic heterocycles. The highest BCUT2D eigenvalue weighted by molar-refractivity contribution is 5.94. The molecule has 0 spiro atoms. The number of carbonyl (C=O) groups excluding carboxylic acids is 1. The number of benzene rings is 1. The molecule has 2 rings (SSSR count). The molecule has 0 unspecified atom stereocenters. The predicted molar refractivity (Wildman–Crippen MR) is 85.6 cm³/mol. The molecule has 0 radical (unpaired) electrons. The highest BCUT2D eigenvalue weighted by Crippen LogP contribution is 2.18. The molecule has 3 nitrogen and oxygen atoms in total. The number of amides is 1. The van der Waals surface area contributed by atoms with Gasteiger partial charge >= 0.3 is 0 Å². The van der Waals surface area contributed by atoms with Crippen LogP contribution >= 0.6 is 12.4 Å². The van der Waals surface area contributed by atoms with Crippen LogP contribution in [0, 0.1) is 12.8 Å². The summed E-state index contributed by atoms with van der Waals surface area (Å²) in [5.74, 6) is 0.909. The number of piperidine rings is 1. The first-order chi connectivity index (χ1) is 9.20. The van der Waals surface area contributed by atoms with Crippen molar-refractivity contribution >= 4 is 18.3 Å². The third kappa shape index (κ3) is 4.50. The van der Waals surface area contributed by atoms with Gasteiger partial charge in [0.15, 0.2) is 0 Å². The molecule has 20 heavy (non-hydrogen) atoms. The van der Waals surface area contributed by atoms with Gasteiger partial charge in [0.25, 0.3) is 5.91 Å². The van der Waals surface area contributed by atoms with E-state index in [1.165, 1.54) is 0 Å². The smallest absolute Gasteiger partial charge is 0.253 e. The summed E-state index contributed by atoms with van der Waals surface area (Å²) in [6, 6.07) is 7.88. The number of likely N-dealkylation sites (tertiary alicyclic amines) is 1. The lowest BCUT2D eigenvalue weighted by Crippen LogP contribution is -2.40. The molecule has 112 valence electrons. The van der Waals surface area contributed by atoms with Crippen molar-refractivity contribution in [1.29, 1.82) is 0 Å². The number of nitrogens with zero attached hydrogens (tertiary/aromatic N) is 1. The molecule has 0 saturated carbocycles. The van der Waals surface area contributed by atoms with Crippen molar-refractivity contribution in [2.24, 2.45) is 5.92 Å². The van der Waals surface area contributed by atoms with Crippen LogP contribution in [0.25, 0.3) is 0 Å². The summed E-state index contributed by atoms with van der Waals surface area (Å²) in [4.78, 5) is 14.4. The summed E-state index contributed by atoms with van der Waals surface area (Å²) < 4.78 is 0. The number of hydrogen-bond donors (Lipinski definition) is 1. The zero-order valence-electron chi connectivity index (χ0n) is 12.4. The maximum atomic E-state index is 12.4. The lowest BCUT2D eigenvalue weighted by molar-refractivity contribution is 0.0690. The van der Waals surface area contributed by atoms with Crippen LogP contribution in [0.5, 0.6) is 0 Å². The first-order valence-corrected chi connectivity index (χ1v) is 7.27. The van der Waals surface area contributed by atoms with E-state index < -0.39 is 0 Å². The van der Waals surface area contributed by atoms with Crippen LogP contribution in [0.4, 0.5) is 0 Å². The van der Waals surface area contributed by atoms with E-state index in [0.29, 0.717) is 0 Å². The Balaban J connectivity index is 0.00000200. The van der Waals surface area contributed by atoms with Crippen LogP contribution in [0.2, 0.25) is 0 Å². The van der Waals surface area contributed by atoms with Crippen molar-refractivity contribution in [1.82, 2.24) is 10.2 Å². The summed E-state index contributed by atoms with van der Waals surface area (Å²) in [6.07, 6.45) is 2.23. The van der Waals surface area contributed by atoms with Gasteiger partial charge in [-0.05, 0) is 50.9 Å². The zero-order valence-corrected chi connectivity index (χ0v) is 13.2. The maximum absolute atomic E-state index is 12.4. The normalized spacial score (nSPS) is 15.8. The topological polar surface area (TPSA) is 32.3 Å². The Morgan fingerprint density at radius 3 is 2.65 bits per heavy atom. The van der Waals surface area contributed by atoms with Crippen molar-refractivity contribution in [2.45, 2.75) is 26.7 Å². The van der Waals surface area contributed by atoms with Gasteiger partial charge in [0.1, 0.15) is 0 Å². The van der Waals surface area contributed by atoms with Gasteiger partial charge in [-0.25, -0.2) is 0 Å². The SMILES string of the molecule is CCNCC1CCN(C(=O)c2cccc(C)c2)CC1.Cl. The summed E-state index contributed by atoms with van der Waals surface area (Å²) in [6.45, 7) is 8.06. The number of carbonyl (C=O) groups is 1. The second-order valence-electron chi connectivity index (χ2n) is 5.41. The third-order valence-electron chi connectivity index (χ3n) is 3.85. The van der Waals surface area contributed by atoms with Crippen molar-refractivity contribution in [3.63, 3.8) is 0 Å². The molecule has 1 fully saturated rings. The lowest BCUT2D eigenvalue weighted by atomic mass is 9.96. The van der Waals surface area contributed by atoms with Crippen LogP contribution in [0.15, 0.2) is 24.3 Å². The molecule has 1 saturated heterocycles. The lowest BCUT2D eigenvalue weighted by Gasteiger charge is -2.32. The van der Waals surface area contributed by atoms with Gasteiger partial charge in [-0.2, -0.15) is 0 Å². The summed E-state index contributed by atoms with van der Waals surface area (Å²) in [7, 11) is 0. The van der Waals surface area contributed by atoms with Crippen molar-refractivity contribution in [3.8, 4) is 0 Å². The standard InChI is InChI=1S/C16H24N2O.ClH/c1-3-17-12-14-7-9-18(10-8-14)16(19)15-6-4-5-13(2)11-15;/h4-6,11,14,17H,3,7-10,12H2,1-2H3;1H. The zero-order chi connectivity index (χ0) is 13.7. The van der Waals surface area contributed by atoms with E-state index in [-0.39, 0.29) is 18.3 Å². The molecule has 1 heterocycles. The van der Waals surface area contributed by atoms with Gasteiger partial charge in [-0.15, -0.1) is 12.4 Å². The van der Waals surface area contributed by atoms with Crippen LogP contribution in [0.3, 0.4) is 0 Å². The quantitative estimate of drug-likeness (QED) is 0.926. The van der Waals surface area contributed by atoms with Gasteiger partial charge < -0.3 is 10.2 Å².